The largest absolute Gasteiger partial charge is 0.496 e. The number of pyridine rings is 1. The number of halogens is 1. The molecule has 0 aliphatic heterocycles. The summed E-state index contributed by atoms with van der Waals surface area (Å²) < 4.78 is 5.50. The molecule has 30 heavy (non-hydrogen) atoms. The number of Topliss-reactive ketones (excluding diaryl/α,β-unsaturated/α-hetero) is 1. The Morgan fingerprint density at radius 1 is 1.33 bits per heavy atom. The van der Waals surface area contributed by atoms with E-state index in [0.29, 0.717) is 39.7 Å². The number of hydrogen-bond acceptors (Lipinski definition) is 4. The summed E-state index contributed by atoms with van der Waals surface area (Å²) in [7, 11) is 3.19. The highest BCUT2D eigenvalue weighted by atomic mass is 35.5. The van der Waals surface area contributed by atoms with Gasteiger partial charge in [0.25, 0.3) is 0 Å². The minimum atomic E-state index is -0.611. The van der Waals surface area contributed by atoms with E-state index < -0.39 is 11.8 Å². The number of ketones is 1. The molecule has 154 valence electrons. The monoisotopic (exact) mass is 422 g/mol. The second-order valence-electron chi connectivity index (χ2n) is 7.20. The minimum absolute atomic E-state index is 0.103. The van der Waals surface area contributed by atoms with E-state index >= 15 is 0 Å². The van der Waals surface area contributed by atoms with Crippen LogP contribution in [0.15, 0.2) is 48.7 Å². The van der Waals surface area contributed by atoms with Crippen LogP contribution in [0.3, 0.4) is 0 Å². The van der Waals surface area contributed by atoms with E-state index in [0.717, 1.165) is 0 Å². The molecule has 1 heterocycles. The van der Waals surface area contributed by atoms with Gasteiger partial charge in [-0.1, -0.05) is 35.7 Å². The molecule has 6 heteroatoms. The Labute approximate surface area is 181 Å². The molecular formula is C24H23ClN2O3. The first kappa shape index (κ1) is 21.6. The average Bonchev–Trinajstić information content (AvgIpc) is 2.74. The number of carbonyl (C=O) groups is 2. The van der Waals surface area contributed by atoms with Gasteiger partial charge in [0, 0.05) is 41.7 Å². The van der Waals surface area contributed by atoms with Crippen LogP contribution in [0.1, 0.15) is 36.8 Å². The molecule has 1 aliphatic carbocycles. The molecule has 0 radical (unpaired) electrons. The maximum atomic E-state index is 13.1. The van der Waals surface area contributed by atoms with Crippen LogP contribution in [0, 0.1) is 17.8 Å². The van der Waals surface area contributed by atoms with Crippen LogP contribution in [0.5, 0.6) is 5.75 Å². The van der Waals surface area contributed by atoms with Crippen LogP contribution in [0.25, 0.3) is 0 Å². The number of rotatable bonds is 4. The van der Waals surface area contributed by atoms with Gasteiger partial charge < -0.3 is 4.74 Å². The van der Waals surface area contributed by atoms with Gasteiger partial charge in [-0.25, -0.2) is 4.98 Å². The number of anilines is 1. The van der Waals surface area contributed by atoms with Gasteiger partial charge in [0.2, 0.25) is 5.91 Å². The van der Waals surface area contributed by atoms with E-state index in [1.54, 1.807) is 44.4 Å². The van der Waals surface area contributed by atoms with Gasteiger partial charge in [-0.2, -0.15) is 0 Å². The average molecular weight is 423 g/mol. The summed E-state index contributed by atoms with van der Waals surface area (Å²) in [4.78, 5) is 31.8. The zero-order chi connectivity index (χ0) is 21.8. The maximum Gasteiger partial charge on any atom is 0.231 e. The normalized spacial score (nSPS) is 18.4. The highest BCUT2D eigenvalue weighted by molar-refractivity contribution is 6.32. The maximum absolute atomic E-state index is 13.1. The van der Waals surface area contributed by atoms with E-state index in [-0.39, 0.29) is 18.1 Å². The van der Waals surface area contributed by atoms with Crippen molar-refractivity contribution >= 4 is 29.1 Å². The Balaban J connectivity index is 1.87. The lowest BCUT2D eigenvalue weighted by molar-refractivity contribution is -0.129. The third-order valence-electron chi connectivity index (χ3n) is 5.23. The second-order valence-corrected chi connectivity index (χ2v) is 7.60. The van der Waals surface area contributed by atoms with Crippen molar-refractivity contribution < 1.29 is 14.3 Å². The molecule has 1 saturated carbocycles. The van der Waals surface area contributed by atoms with Crippen molar-refractivity contribution in [3.63, 3.8) is 0 Å². The van der Waals surface area contributed by atoms with E-state index in [1.807, 2.05) is 6.07 Å². The van der Waals surface area contributed by atoms with Gasteiger partial charge in [0.1, 0.15) is 17.4 Å². The summed E-state index contributed by atoms with van der Waals surface area (Å²) in [6.07, 6.45) is 2.12. The molecule has 3 rings (SSSR count). The number of ether oxygens (including phenoxy) is 1. The van der Waals surface area contributed by atoms with Gasteiger partial charge in [-0.05, 0) is 37.6 Å². The van der Waals surface area contributed by atoms with Crippen LogP contribution < -0.4 is 9.64 Å². The summed E-state index contributed by atoms with van der Waals surface area (Å²) in [5, 5.41) is 0.405. The summed E-state index contributed by atoms with van der Waals surface area (Å²) in [5.41, 5.74) is 1.94. The molecule has 0 saturated heterocycles. The number of benzene rings is 1. The fraction of sp³-hybridized carbons (Fsp3) is 0.292. The smallest absolute Gasteiger partial charge is 0.231 e. The highest BCUT2D eigenvalue weighted by Gasteiger charge is 2.39. The molecule has 2 unspecified atom stereocenters. The quantitative estimate of drug-likeness (QED) is 0.541. The number of hydrogen-bond donors (Lipinski definition) is 0. The zero-order valence-corrected chi connectivity index (χ0v) is 18.0. The molecule has 1 amide bonds. The molecular weight excluding hydrogens is 400 g/mol. The van der Waals surface area contributed by atoms with E-state index in [1.165, 1.54) is 12.0 Å². The molecule has 0 bridgehead atoms. The summed E-state index contributed by atoms with van der Waals surface area (Å²) >= 11 is 6.52. The van der Waals surface area contributed by atoms with Crippen LogP contribution in [0.2, 0.25) is 5.02 Å². The first-order valence-electron chi connectivity index (χ1n) is 9.56. The molecule has 0 spiro atoms. The van der Waals surface area contributed by atoms with Crippen molar-refractivity contribution in [2.45, 2.75) is 25.7 Å². The van der Waals surface area contributed by atoms with Crippen molar-refractivity contribution in [3.8, 4) is 17.6 Å². The van der Waals surface area contributed by atoms with E-state index in [4.69, 9.17) is 16.3 Å². The topological polar surface area (TPSA) is 59.5 Å². The SMILES string of the molecule is C=C1CC(C(=O)N(C)c2ccccn2)CC(=O)C1c1c(Cl)cc(C#CC)cc1OC. The first-order valence-corrected chi connectivity index (χ1v) is 9.94. The predicted octanol–water partition coefficient (Wildman–Crippen LogP) is 4.40. The number of methoxy groups -OCH3 is 1. The van der Waals surface area contributed by atoms with Crippen molar-refractivity contribution in [1.29, 1.82) is 0 Å². The van der Waals surface area contributed by atoms with Gasteiger partial charge >= 0.3 is 0 Å². The lowest BCUT2D eigenvalue weighted by Gasteiger charge is -2.32. The van der Waals surface area contributed by atoms with E-state index in [9.17, 15) is 9.59 Å². The summed E-state index contributed by atoms with van der Waals surface area (Å²) in [6.45, 7) is 5.85. The molecule has 2 atom stereocenters. The third kappa shape index (κ3) is 4.24. The molecule has 5 nitrogen and oxygen atoms in total. The van der Waals surface area contributed by atoms with Crippen molar-refractivity contribution in [2.75, 3.05) is 19.1 Å². The predicted molar refractivity (Wildman–Crippen MR) is 118 cm³/mol. The fourth-order valence-corrected chi connectivity index (χ4v) is 4.15. The molecule has 1 fully saturated rings. The number of nitrogens with zero attached hydrogens (tertiary/aromatic N) is 2. The zero-order valence-electron chi connectivity index (χ0n) is 17.2. The second kappa shape index (κ2) is 9.15. The molecule has 2 aromatic rings. The van der Waals surface area contributed by atoms with Gasteiger partial charge in [-0.15, -0.1) is 5.92 Å². The first-order chi connectivity index (χ1) is 14.4. The molecule has 1 aromatic heterocycles. The Morgan fingerprint density at radius 3 is 2.70 bits per heavy atom. The summed E-state index contributed by atoms with van der Waals surface area (Å²) in [6, 6.07) is 8.85. The minimum Gasteiger partial charge on any atom is -0.496 e. The Morgan fingerprint density at radius 2 is 2.10 bits per heavy atom. The number of allylic oxidation sites excluding steroid dienone is 1. The third-order valence-corrected chi connectivity index (χ3v) is 5.54. The van der Waals surface area contributed by atoms with E-state index in [2.05, 4.69) is 23.4 Å². The van der Waals surface area contributed by atoms with Crippen molar-refractivity contribution in [1.82, 2.24) is 4.98 Å². The van der Waals surface area contributed by atoms with Crippen molar-refractivity contribution in [3.05, 3.63) is 64.8 Å². The Kier molecular flexibility index (Phi) is 6.59. The molecule has 1 aliphatic rings. The number of aromatic nitrogens is 1. The lowest BCUT2D eigenvalue weighted by Crippen LogP contribution is -2.38. The van der Waals surface area contributed by atoms with Gasteiger partial charge in [0.15, 0.2) is 0 Å². The molecule has 0 N–H and O–H groups in total. The van der Waals surface area contributed by atoms with Gasteiger partial charge in [-0.3, -0.25) is 14.5 Å². The standard InChI is InChI=1S/C24H23ClN2O3/c1-5-8-16-12-18(25)23(20(13-16)30-4)22-15(2)11-17(14-19(22)28)24(29)27(3)21-9-6-7-10-26-21/h6-7,9-10,12-13,17,22H,2,11,14H2,1,3-4H3. The lowest BCUT2D eigenvalue weighted by atomic mass is 9.74. The van der Waals surface area contributed by atoms with Crippen LogP contribution >= 0.6 is 11.6 Å². The number of carbonyl (C=O) groups excluding carboxylic acids is 2. The van der Waals surface area contributed by atoms with Crippen molar-refractivity contribution in [2.24, 2.45) is 5.92 Å². The van der Waals surface area contributed by atoms with Crippen LogP contribution in [-0.4, -0.2) is 30.8 Å². The van der Waals surface area contributed by atoms with Crippen LogP contribution in [0.4, 0.5) is 5.82 Å². The Bertz CT molecular complexity index is 1040. The van der Waals surface area contributed by atoms with Crippen LogP contribution in [-0.2, 0) is 9.59 Å². The molecule has 1 aromatic carbocycles. The number of amides is 1. The summed E-state index contributed by atoms with van der Waals surface area (Å²) in [5.74, 6) is 5.45. The highest BCUT2D eigenvalue weighted by Crippen LogP contribution is 2.44. The Hall–Kier alpha value is -3.10. The fourth-order valence-electron chi connectivity index (χ4n) is 3.83. The van der Waals surface area contributed by atoms with Gasteiger partial charge in [0.05, 0.1) is 13.0 Å².